The van der Waals surface area contributed by atoms with Crippen molar-refractivity contribution < 1.29 is 9.18 Å². The fourth-order valence-corrected chi connectivity index (χ4v) is 4.29. The first-order chi connectivity index (χ1) is 14.2. The van der Waals surface area contributed by atoms with Gasteiger partial charge in [0.25, 0.3) is 5.91 Å². The molecular weight excluding hydrogens is 369 g/mol. The minimum Gasteiger partial charge on any atom is -0.368 e. The van der Waals surface area contributed by atoms with Crippen LogP contribution in [0.3, 0.4) is 0 Å². The minimum atomic E-state index is -0.216. The first-order valence-corrected chi connectivity index (χ1v) is 10.6. The molecule has 2 saturated heterocycles. The van der Waals surface area contributed by atoms with Gasteiger partial charge in [0.1, 0.15) is 5.82 Å². The van der Waals surface area contributed by atoms with Crippen LogP contribution in [0, 0.1) is 5.82 Å². The van der Waals surface area contributed by atoms with E-state index < -0.39 is 0 Å². The van der Waals surface area contributed by atoms with E-state index in [0.29, 0.717) is 11.7 Å². The molecule has 2 fully saturated rings. The number of amides is 1. The Kier molecular flexibility index (Phi) is 5.92. The van der Waals surface area contributed by atoms with E-state index in [1.807, 2.05) is 23.1 Å². The fourth-order valence-electron chi connectivity index (χ4n) is 4.29. The molecule has 1 amide bonds. The Morgan fingerprint density at radius 2 is 1.69 bits per heavy atom. The summed E-state index contributed by atoms with van der Waals surface area (Å²) in [7, 11) is 0. The molecule has 0 radical (unpaired) electrons. The first-order valence-electron chi connectivity index (χ1n) is 10.6. The molecule has 3 heterocycles. The summed E-state index contributed by atoms with van der Waals surface area (Å²) in [6.45, 7) is 6.23. The lowest BCUT2D eigenvalue weighted by atomic mass is 9.99. The quantitative estimate of drug-likeness (QED) is 0.792. The zero-order valence-corrected chi connectivity index (χ0v) is 16.9. The number of piperazine rings is 1. The Hall–Kier alpha value is -2.70. The molecule has 2 aliphatic rings. The average Bonchev–Trinajstić information content (AvgIpc) is 2.79. The summed E-state index contributed by atoms with van der Waals surface area (Å²) < 4.78 is 13.1. The largest absolute Gasteiger partial charge is 0.368 e. The third-order valence-electron chi connectivity index (χ3n) is 6.02. The van der Waals surface area contributed by atoms with Crippen LogP contribution < -0.4 is 9.80 Å². The Balaban J connectivity index is 1.37. The number of benzene rings is 1. The zero-order valence-electron chi connectivity index (χ0n) is 16.9. The van der Waals surface area contributed by atoms with Crippen LogP contribution in [-0.2, 0) is 0 Å². The van der Waals surface area contributed by atoms with E-state index in [1.165, 1.54) is 18.6 Å². The van der Waals surface area contributed by atoms with Crippen molar-refractivity contribution in [2.45, 2.75) is 38.6 Å². The van der Waals surface area contributed by atoms with Gasteiger partial charge >= 0.3 is 0 Å². The molecule has 1 aromatic heterocycles. The van der Waals surface area contributed by atoms with Gasteiger partial charge < -0.3 is 14.7 Å². The minimum absolute atomic E-state index is 0.00303. The number of carbonyl (C=O) groups excluding carboxylic acids is 1. The Morgan fingerprint density at radius 1 is 0.966 bits per heavy atom. The topological polar surface area (TPSA) is 52.6 Å². The number of anilines is 2. The van der Waals surface area contributed by atoms with Gasteiger partial charge in [0, 0.05) is 44.5 Å². The van der Waals surface area contributed by atoms with Crippen molar-refractivity contribution in [3.05, 3.63) is 47.9 Å². The molecule has 1 atom stereocenters. The van der Waals surface area contributed by atoms with Crippen molar-refractivity contribution >= 4 is 17.4 Å². The van der Waals surface area contributed by atoms with Gasteiger partial charge in [-0.3, -0.25) is 4.79 Å². The molecule has 7 heteroatoms. The van der Waals surface area contributed by atoms with Gasteiger partial charge in [0.05, 0.1) is 0 Å². The van der Waals surface area contributed by atoms with Gasteiger partial charge in [-0.2, -0.15) is 0 Å². The van der Waals surface area contributed by atoms with Gasteiger partial charge in [-0.15, -0.1) is 10.2 Å². The maximum absolute atomic E-state index is 13.1. The van der Waals surface area contributed by atoms with Crippen LogP contribution in [0.4, 0.5) is 15.9 Å². The highest BCUT2D eigenvalue weighted by Crippen LogP contribution is 2.22. The molecule has 6 nitrogen and oxygen atoms in total. The summed E-state index contributed by atoms with van der Waals surface area (Å²) in [5.41, 5.74) is 1.46. The van der Waals surface area contributed by atoms with E-state index in [1.54, 1.807) is 6.07 Å². The molecule has 154 valence electrons. The van der Waals surface area contributed by atoms with E-state index in [4.69, 9.17) is 0 Å². The Labute approximate surface area is 171 Å². The molecular formula is C22H28FN5O. The van der Waals surface area contributed by atoms with E-state index in [2.05, 4.69) is 26.9 Å². The monoisotopic (exact) mass is 397 g/mol. The lowest BCUT2D eigenvalue weighted by molar-refractivity contribution is 0.0600. The molecule has 0 bridgehead atoms. The molecule has 0 N–H and O–H groups in total. The van der Waals surface area contributed by atoms with Crippen LogP contribution in [0.1, 0.15) is 43.1 Å². The highest BCUT2D eigenvalue weighted by Gasteiger charge is 2.27. The number of carbonyl (C=O) groups is 1. The maximum atomic E-state index is 13.1. The number of aromatic nitrogens is 2. The van der Waals surface area contributed by atoms with Crippen LogP contribution in [0.5, 0.6) is 0 Å². The molecule has 0 spiro atoms. The molecule has 4 rings (SSSR count). The fraction of sp³-hybridized carbons (Fsp3) is 0.500. The average molecular weight is 397 g/mol. The predicted molar refractivity (Wildman–Crippen MR) is 112 cm³/mol. The lowest BCUT2D eigenvalue weighted by Crippen LogP contribution is -2.47. The van der Waals surface area contributed by atoms with Crippen LogP contribution in [0.25, 0.3) is 0 Å². The molecule has 2 aromatic rings. The van der Waals surface area contributed by atoms with Crippen LogP contribution >= 0.6 is 0 Å². The second-order valence-corrected chi connectivity index (χ2v) is 7.78. The van der Waals surface area contributed by atoms with Gasteiger partial charge in [-0.25, -0.2) is 4.39 Å². The molecule has 0 saturated carbocycles. The van der Waals surface area contributed by atoms with Gasteiger partial charge in [0.2, 0.25) is 0 Å². The van der Waals surface area contributed by atoms with E-state index in [9.17, 15) is 9.18 Å². The lowest BCUT2D eigenvalue weighted by Gasteiger charge is -2.36. The molecule has 2 aliphatic heterocycles. The van der Waals surface area contributed by atoms with Crippen molar-refractivity contribution in [2.75, 3.05) is 42.5 Å². The summed E-state index contributed by atoms with van der Waals surface area (Å²) in [5.74, 6) is 0.579. The van der Waals surface area contributed by atoms with Gasteiger partial charge in [0.15, 0.2) is 11.5 Å². The first kappa shape index (κ1) is 19.6. The van der Waals surface area contributed by atoms with Crippen molar-refractivity contribution in [1.82, 2.24) is 15.1 Å². The van der Waals surface area contributed by atoms with E-state index >= 15 is 0 Å². The third kappa shape index (κ3) is 4.33. The number of nitrogens with zero attached hydrogens (tertiary/aromatic N) is 5. The zero-order chi connectivity index (χ0) is 20.2. The van der Waals surface area contributed by atoms with E-state index in [0.717, 1.165) is 63.5 Å². The smallest absolute Gasteiger partial charge is 0.274 e. The second kappa shape index (κ2) is 8.76. The normalized spacial score (nSPS) is 20.1. The summed E-state index contributed by atoms with van der Waals surface area (Å²) in [4.78, 5) is 19.2. The number of likely N-dealkylation sites (tertiary alicyclic amines) is 1. The number of rotatable bonds is 4. The third-order valence-corrected chi connectivity index (χ3v) is 6.02. The SMILES string of the molecule is CCC1CCCCN1C(=O)c1ccc(N2CCN(c3ccc(F)cc3)CC2)nn1. The standard InChI is InChI=1S/C22H28FN5O/c1-2-18-5-3-4-12-28(18)22(29)20-10-11-21(25-24-20)27-15-13-26(14-16-27)19-8-6-17(23)7-9-19/h6-11,18H,2-5,12-16H2,1H3. The van der Waals surface area contributed by atoms with Crippen molar-refractivity contribution in [2.24, 2.45) is 0 Å². The Morgan fingerprint density at radius 3 is 2.34 bits per heavy atom. The van der Waals surface area contributed by atoms with Crippen molar-refractivity contribution in [3.63, 3.8) is 0 Å². The summed E-state index contributed by atoms with van der Waals surface area (Å²) in [6.07, 6.45) is 4.31. The number of hydrogen-bond donors (Lipinski definition) is 0. The predicted octanol–water partition coefficient (Wildman–Crippen LogP) is 3.35. The number of halogens is 1. The second-order valence-electron chi connectivity index (χ2n) is 7.78. The van der Waals surface area contributed by atoms with E-state index in [-0.39, 0.29) is 11.7 Å². The number of hydrogen-bond acceptors (Lipinski definition) is 5. The van der Waals surface area contributed by atoms with Crippen LogP contribution in [-0.4, -0.2) is 59.8 Å². The van der Waals surface area contributed by atoms with Gasteiger partial charge in [-0.1, -0.05) is 6.92 Å². The highest BCUT2D eigenvalue weighted by molar-refractivity contribution is 5.92. The molecule has 0 aliphatic carbocycles. The summed E-state index contributed by atoms with van der Waals surface area (Å²) in [6, 6.07) is 10.6. The maximum Gasteiger partial charge on any atom is 0.274 e. The number of piperidine rings is 1. The van der Waals surface area contributed by atoms with Crippen molar-refractivity contribution in [3.8, 4) is 0 Å². The molecule has 1 unspecified atom stereocenters. The highest BCUT2D eigenvalue weighted by atomic mass is 19.1. The summed E-state index contributed by atoms with van der Waals surface area (Å²) in [5, 5.41) is 8.59. The molecule has 29 heavy (non-hydrogen) atoms. The van der Waals surface area contributed by atoms with Crippen molar-refractivity contribution in [1.29, 1.82) is 0 Å². The Bertz CT molecular complexity index is 818. The van der Waals surface area contributed by atoms with Gasteiger partial charge in [-0.05, 0) is 62.1 Å². The van der Waals surface area contributed by atoms with Crippen LogP contribution in [0.2, 0.25) is 0 Å². The molecule has 1 aromatic carbocycles. The van der Waals surface area contributed by atoms with Crippen LogP contribution in [0.15, 0.2) is 36.4 Å². The summed E-state index contributed by atoms with van der Waals surface area (Å²) >= 11 is 0.